The topological polar surface area (TPSA) is 59.8 Å². The van der Waals surface area contributed by atoms with Crippen molar-refractivity contribution in [2.75, 3.05) is 5.32 Å². The number of hydrogen-bond donors (Lipinski definition) is 1. The molecule has 7 heteroatoms. The Kier molecular flexibility index (Phi) is 4.00. The van der Waals surface area contributed by atoms with E-state index in [4.69, 9.17) is 21.7 Å². The molecule has 1 amide bonds. The number of nitrogens with one attached hydrogen (secondary N) is 1. The monoisotopic (exact) mass is 408 g/mol. The zero-order valence-electron chi connectivity index (χ0n) is 15.4. The van der Waals surface area contributed by atoms with E-state index >= 15 is 0 Å². The maximum absolute atomic E-state index is 12.5. The molecule has 2 aromatic carbocycles. The molecule has 4 aromatic rings. The summed E-state index contributed by atoms with van der Waals surface area (Å²) < 4.78 is 2.87. The maximum Gasteiger partial charge on any atom is 0.226 e. The van der Waals surface area contributed by atoms with Crippen molar-refractivity contribution >= 4 is 44.9 Å². The van der Waals surface area contributed by atoms with Crippen molar-refractivity contribution in [3.8, 4) is 5.13 Å². The normalized spacial score (nSPS) is 16.2. The highest BCUT2D eigenvalue weighted by atomic mass is 35.5. The molecule has 5 nitrogen and oxygen atoms in total. The fraction of sp³-hybridized carbons (Fsp3) is 0.190. The molecule has 0 unspecified atom stereocenters. The van der Waals surface area contributed by atoms with Gasteiger partial charge in [-0.2, -0.15) is 9.78 Å². The molecule has 2 aromatic heterocycles. The zero-order chi connectivity index (χ0) is 19.4. The van der Waals surface area contributed by atoms with Gasteiger partial charge in [0.05, 0.1) is 15.9 Å². The standard InChI is InChI=1S/C21H17ClN4OS/c1-11-6-7-16-17(8-11)28-21(23-16)26-20-19(12(2)25-26)15(10-18(27)24-20)13-4-3-5-14(22)9-13/h3-9,15H,10H2,1-2H3,(H,24,27)/t15-/m1/s1. The number of rotatable bonds is 2. The van der Waals surface area contributed by atoms with E-state index in [9.17, 15) is 4.79 Å². The molecule has 1 aliphatic rings. The van der Waals surface area contributed by atoms with Crippen LogP contribution in [0.15, 0.2) is 42.5 Å². The minimum atomic E-state index is -0.0761. The predicted molar refractivity (Wildman–Crippen MR) is 113 cm³/mol. The van der Waals surface area contributed by atoms with Crippen LogP contribution in [0.3, 0.4) is 0 Å². The van der Waals surface area contributed by atoms with Gasteiger partial charge in [0, 0.05) is 22.9 Å². The third-order valence-electron chi connectivity index (χ3n) is 5.07. The fourth-order valence-electron chi connectivity index (χ4n) is 3.80. The molecule has 0 spiro atoms. The Morgan fingerprint density at radius 1 is 1.21 bits per heavy atom. The summed E-state index contributed by atoms with van der Waals surface area (Å²) in [6, 6.07) is 13.9. The third kappa shape index (κ3) is 2.80. The van der Waals surface area contributed by atoms with Gasteiger partial charge < -0.3 is 5.32 Å². The molecule has 5 rings (SSSR count). The number of aryl methyl sites for hydroxylation is 2. The number of nitrogens with zero attached hydrogens (tertiary/aromatic N) is 3. The van der Waals surface area contributed by atoms with Crippen molar-refractivity contribution in [1.82, 2.24) is 14.8 Å². The highest BCUT2D eigenvalue weighted by molar-refractivity contribution is 7.20. The van der Waals surface area contributed by atoms with Gasteiger partial charge in [-0.05, 0) is 49.2 Å². The van der Waals surface area contributed by atoms with Gasteiger partial charge in [-0.3, -0.25) is 4.79 Å². The lowest BCUT2D eigenvalue weighted by Crippen LogP contribution is -2.24. The van der Waals surface area contributed by atoms with Crippen LogP contribution >= 0.6 is 22.9 Å². The predicted octanol–water partition coefficient (Wildman–Crippen LogP) is 5.23. The van der Waals surface area contributed by atoms with Gasteiger partial charge in [-0.25, -0.2) is 4.98 Å². The van der Waals surface area contributed by atoms with Crippen LogP contribution in [0.5, 0.6) is 0 Å². The summed E-state index contributed by atoms with van der Waals surface area (Å²) in [5.74, 6) is 0.595. The molecule has 0 bridgehead atoms. The Labute approximate surface area is 171 Å². The van der Waals surface area contributed by atoms with Crippen LogP contribution in [0.1, 0.15) is 34.7 Å². The van der Waals surface area contributed by atoms with Crippen LogP contribution in [0.25, 0.3) is 15.3 Å². The van der Waals surface area contributed by atoms with Crippen LogP contribution in [-0.4, -0.2) is 20.7 Å². The van der Waals surface area contributed by atoms with Crippen LogP contribution in [0, 0.1) is 13.8 Å². The summed E-state index contributed by atoms with van der Waals surface area (Å²) in [6.07, 6.45) is 0.374. The highest BCUT2D eigenvalue weighted by Gasteiger charge is 2.33. The van der Waals surface area contributed by atoms with Crippen molar-refractivity contribution in [2.45, 2.75) is 26.2 Å². The first-order valence-electron chi connectivity index (χ1n) is 9.02. The number of aromatic nitrogens is 3. The maximum atomic E-state index is 12.5. The third-order valence-corrected chi connectivity index (χ3v) is 6.30. The second-order valence-corrected chi connectivity index (χ2v) is 8.53. The van der Waals surface area contributed by atoms with E-state index < -0.39 is 0 Å². The Bertz CT molecular complexity index is 1240. The second-order valence-electron chi connectivity index (χ2n) is 7.09. The lowest BCUT2D eigenvalue weighted by molar-refractivity contribution is -0.116. The van der Waals surface area contributed by atoms with Crippen molar-refractivity contribution in [3.63, 3.8) is 0 Å². The number of thiazole rings is 1. The molecule has 0 fully saturated rings. The largest absolute Gasteiger partial charge is 0.310 e. The molecule has 1 atom stereocenters. The first-order chi connectivity index (χ1) is 13.5. The van der Waals surface area contributed by atoms with E-state index in [-0.39, 0.29) is 11.8 Å². The molecule has 1 N–H and O–H groups in total. The van der Waals surface area contributed by atoms with Crippen molar-refractivity contribution < 1.29 is 4.79 Å². The molecular formula is C21H17ClN4OS. The lowest BCUT2D eigenvalue weighted by Gasteiger charge is -2.24. The number of anilines is 1. The van der Waals surface area contributed by atoms with Gasteiger partial charge in [-0.15, -0.1) is 0 Å². The van der Waals surface area contributed by atoms with Gasteiger partial charge in [-0.1, -0.05) is 41.1 Å². The average molecular weight is 409 g/mol. The molecule has 3 heterocycles. The first-order valence-corrected chi connectivity index (χ1v) is 10.2. The molecule has 1 aliphatic heterocycles. The quantitative estimate of drug-likeness (QED) is 0.494. The van der Waals surface area contributed by atoms with Crippen LogP contribution in [0.2, 0.25) is 5.02 Å². The molecular weight excluding hydrogens is 392 g/mol. The second kappa shape index (κ2) is 6.43. The number of hydrogen-bond acceptors (Lipinski definition) is 4. The molecule has 140 valence electrons. The van der Waals surface area contributed by atoms with Crippen molar-refractivity contribution in [2.24, 2.45) is 0 Å². The summed E-state index contributed by atoms with van der Waals surface area (Å²) in [6.45, 7) is 4.04. The van der Waals surface area contributed by atoms with Crippen LogP contribution < -0.4 is 5.32 Å². The number of amides is 1. The van der Waals surface area contributed by atoms with Gasteiger partial charge in [0.1, 0.15) is 5.82 Å². The van der Waals surface area contributed by atoms with E-state index in [1.165, 1.54) is 5.56 Å². The summed E-state index contributed by atoms with van der Waals surface area (Å²) in [4.78, 5) is 17.2. The Morgan fingerprint density at radius 3 is 2.89 bits per heavy atom. The average Bonchev–Trinajstić information content (AvgIpc) is 3.21. The van der Waals surface area contributed by atoms with Gasteiger partial charge in [0.25, 0.3) is 0 Å². The summed E-state index contributed by atoms with van der Waals surface area (Å²) in [7, 11) is 0. The SMILES string of the molecule is Cc1ccc2nc(-n3nc(C)c4c3NC(=O)C[C@@H]4c3cccc(Cl)c3)sc2c1. The molecule has 0 aliphatic carbocycles. The smallest absolute Gasteiger partial charge is 0.226 e. The molecule has 0 saturated heterocycles. The lowest BCUT2D eigenvalue weighted by atomic mass is 9.86. The van der Waals surface area contributed by atoms with E-state index in [1.54, 1.807) is 16.0 Å². The fourth-order valence-corrected chi connectivity index (χ4v) is 5.02. The highest BCUT2D eigenvalue weighted by Crippen LogP contribution is 2.41. The van der Waals surface area contributed by atoms with Crippen molar-refractivity contribution in [3.05, 3.63) is 69.9 Å². The number of fused-ring (bicyclic) bond motifs is 2. The van der Waals surface area contributed by atoms with E-state index in [0.717, 1.165) is 32.2 Å². The van der Waals surface area contributed by atoms with Crippen LogP contribution in [-0.2, 0) is 4.79 Å². The van der Waals surface area contributed by atoms with Gasteiger partial charge in [0.15, 0.2) is 0 Å². The van der Waals surface area contributed by atoms with Crippen LogP contribution in [0.4, 0.5) is 5.82 Å². The summed E-state index contributed by atoms with van der Waals surface area (Å²) in [5.41, 5.74) is 5.05. The summed E-state index contributed by atoms with van der Waals surface area (Å²) in [5, 5.41) is 9.15. The van der Waals surface area contributed by atoms with Gasteiger partial charge >= 0.3 is 0 Å². The van der Waals surface area contributed by atoms with Crippen molar-refractivity contribution in [1.29, 1.82) is 0 Å². The first kappa shape index (κ1) is 17.4. The Morgan fingerprint density at radius 2 is 2.07 bits per heavy atom. The molecule has 28 heavy (non-hydrogen) atoms. The Balaban J connectivity index is 1.68. The number of halogens is 1. The van der Waals surface area contributed by atoms with E-state index in [2.05, 4.69) is 18.3 Å². The minimum Gasteiger partial charge on any atom is -0.310 e. The Hall–Kier alpha value is -2.70. The van der Waals surface area contributed by atoms with E-state index in [1.807, 2.05) is 43.3 Å². The number of benzene rings is 2. The zero-order valence-corrected chi connectivity index (χ0v) is 16.9. The van der Waals surface area contributed by atoms with Gasteiger partial charge in [0.2, 0.25) is 11.0 Å². The number of carbonyl (C=O) groups excluding carboxylic acids is 1. The summed E-state index contributed by atoms with van der Waals surface area (Å²) >= 11 is 7.76. The molecule has 0 radical (unpaired) electrons. The molecule has 0 saturated carbocycles. The van der Waals surface area contributed by atoms with E-state index in [0.29, 0.717) is 17.3 Å². The number of carbonyl (C=O) groups is 1. The minimum absolute atomic E-state index is 0.0319.